The van der Waals surface area contributed by atoms with Gasteiger partial charge in [0, 0.05) is 6.42 Å². The molecule has 22 heavy (non-hydrogen) atoms. The molecule has 0 unspecified atom stereocenters. The van der Waals surface area contributed by atoms with Gasteiger partial charge in [-0.3, -0.25) is 10.5 Å². The first-order valence-corrected chi connectivity index (χ1v) is 6.72. The molecule has 1 aromatic carbocycles. The summed E-state index contributed by atoms with van der Waals surface area (Å²) in [6.07, 6.45) is -6.62. The van der Waals surface area contributed by atoms with Crippen molar-refractivity contribution >= 4 is 5.78 Å². The molecule has 1 saturated heterocycles. The predicted octanol–water partition coefficient (Wildman–Crippen LogP) is -2.37. The lowest BCUT2D eigenvalue weighted by Gasteiger charge is -2.45. The Morgan fingerprint density at radius 2 is 1.77 bits per heavy atom. The lowest BCUT2D eigenvalue weighted by Crippen LogP contribution is -2.72. The highest BCUT2D eigenvalue weighted by molar-refractivity contribution is 5.89. The van der Waals surface area contributed by atoms with Crippen LogP contribution in [0.15, 0.2) is 24.3 Å². The van der Waals surface area contributed by atoms with E-state index >= 15 is 0 Å². The molecule has 0 radical (unpaired) electrons. The van der Waals surface area contributed by atoms with Gasteiger partial charge in [-0.2, -0.15) is 0 Å². The molecule has 1 fully saturated rings. The molecule has 2 rings (SSSR count). The molecule has 8 heteroatoms. The number of aliphatic hydroxyl groups is 4. The number of nitrogens with two attached hydrogens (primary N) is 1. The van der Waals surface area contributed by atoms with Crippen molar-refractivity contribution in [3.05, 3.63) is 29.8 Å². The van der Waals surface area contributed by atoms with Crippen LogP contribution in [0, 0.1) is 0 Å². The van der Waals surface area contributed by atoms with Crippen LogP contribution in [-0.4, -0.2) is 68.1 Å². The summed E-state index contributed by atoms with van der Waals surface area (Å²) in [5.41, 5.74) is 4.06. The molecule has 0 aliphatic carbocycles. The van der Waals surface area contributed by atoms with Crippen LogP contribution in [0.25, 0.3) is 0 Å². The van der Waals surface area contributed by atoms with E-state index in [4.69, 9.17) is 15.6 Å². The molecule has 7 N–H and O–H groups in total. The lowest BCUT2D eigenvalue weighted by molar-refractivity contribution is -0.263. The van der Waals surface area contributed by atoms with Crippen molar-refractivity contribution in [1.82, 2.24) is 0 Å². The highest BCUT2D eigenvalue weighted by atomic mass is 16.6. The topological polar surface area (TPSA) is 153 Å². The molecule has 8 nitrogen and oxygen atoms in total. The van der Waals surface area contributed by atoms with E-state index in [9.17, 15) is 25.2 Å². The Balaban J connectivity index is 2.20. The average Bonchev–Trinajstić information content (AvgIpc) is 2.51. The van der Waals surface area contributed by atoms with E-state index in [-0.39, 0.29) is 12.2 Å². The van der Waals surface area contributed by atoms with E-state index in [0.717, 1.165) is 0 Å². The van der Waals surface area contributed by atoms with Gasteiger partial charge >= 0.3 is 0 Å². The SMILES string of the molecule is N[C@]1(C(=O)Cc2ccc(O)cc2)O[C@H](CO)[C@@H](O)[C@H](O)[C@H]1O. The minimum absolute atomic E-state index is 0.0338. The second-order valence-corrected chi connectivity index (χ2v) is 5.32. The molecular weight excluding hydrogens is 294 g/mol. The Morgan fingerprint density at radius 3 is 2.32 bits per heavy atom. The molecule has 0 spiro atoms. The Labute approximate surface area is 126 Å². The number of carbonyl (C=O) groups excluding carboxylic acids is 1. The van der Waals surface area contributed by atoms with Gasteiger partial charge in [0.2, 0.25) is 5.72 Å². The Hall–Kier alpha value is -1.55. The van der Waals surface area contributed by atoms with Gasteiger partial charge in [0.1, 0.15) is 30.2 Å². The number of hydrogen-bond acceptors (Lipinski definition) is 8. The largest absolute Gasteiger partial charge is 0.508 e. The van der Waals surface area contributed by atoms with Gasteiger partial charge in [0.05, 0.1) is 6.61 Å². The van der Waals surface area contributed by atoms with Gasteiger partial charge < -0.3 is 30.3 Å². The van der Waals surface area contributed by atoms with Gasteiger partial charge in [0.25, 0.3) is 0 Å². The van der Waals surface area contributed by atoms with E-state index in [2.05, 4.69) is 0 Å². The minimum Gasteiger partial charge on any atom is -0.508 e. The van der Waals surface area contributed by atoms with Gasteiger partial charge in [-0.05, 0) is 17.7 Å². The maximum absolute atomic E-state index is 12.4. The highest BCUT2D eigenvalue weighted by Crippen LogP contribution is 2.28. The monoisotopic (exact) mass is 313 g/mol. The zero-order chi connectivity index (χ0) is 16.5. The van der Waals surface area contributed by atoms with Crippen molar-refractivity contribution in [3.8, 4) is 5.75 Å². The summed E-state index contributed by atoms with van der Waals surface area (Å²) >= 11 is 0. The Morgan fingerprint density at radius 1 is 1.18 bits per heavy atom. The number of hydrogen-bond donors (Lipinski definition) is 6. The zero-order valence-electron chi connectivity index (χ0n) is 11.7. The third kappa shape index (κ3) is 2.98. The summed E-state index contributed by atoms with van der Waals surface area (Å²) in [5.74, 6) is -0.693. The molecule has 1 heterocycles. The maximum atomic E-state index is 12.4. The summed E-state index contributed by atoms with van der Waals surface area (Å²) in [5, 5.41) is 47.7. The van der Waals surface area contributed by atoms with Crippen LogP contribution in [0.4, 0.5) is 0 Å². The predicted molar refractivity (Wildman–Crippen MR) is 73.7 cm³/mol. The number of ketones is 1. The van der Waals surface area contributed by atoms with Crippen LogP contribution in [0.1, 0.15) is 5.56 Å². The third-order valence-electron chi connectivity index (χ3n) is 3.76. The van der Waals surface area contributed by atoms with Crippen LogP contribution in [0.2, 0.25) is 0 Å². The number of phenolic OH excluding ortho intramolecular Hbond substituents is 1. The summed E-state index contributed by atoms with van der Waals surface area (Å²) in [6.45, 7) is -0.670. The summed E-state index contributed by atoms with van der Waals surface area (Å²) in [6, 6.07) is 5.78. The number of aliphatic hydroxyl groups excluding tert-OH is 4. The number of rotatable bonds is 4. The van der Waals surface area contributed by atoms with Crippen molar-refractivity contribution < 1.29 is 35.1 Å². The fourth-order valence-electron chi connectivity index (χ4n) is 2.36. The summed E-state index contributed by atoms with van der Waals surface area (Å²) in [7, 11) is 0. The molecule has 1 aromatic rings. The molecule has 0 saturated carbocycles. The first-order chi connectivity index (χ1) is 10.3. The van der Waals surface area contributed by atoms with Gasteiger partial charge in [-0.1, -0.05) is 12.1 Å². The second kappa shape index (κ2) is 6.29. The number of aromatic hydroxyl groups is 1. The number of Topliss-reactive ketones (excluding diaryl/α,β-unsaturated/α-hetero) is 1. The van der Waals surface area contributed by atoms with Crippen LogP contribution >= 0.6 is 0 Å². The van der Waals surface area contributed by atoms with E-state index in [1.54, 1.807) is 0 Å². The van der Waals surface area contributed by atoms with Crippen molar-refractivity contribution in [3.63, 3.8) is 0 Å². The Bertz CT molecular complexity index is 532. The average molecular weight is 313 g/mol. The van der Waals surface area contributed by atoms with E-state index in [1.165, 1.54) is 24.3 Å². The number of carbonyl (C=O) groups is 1. The van der Waals surface area contributed by atoms with Gasteiger partial charge in [0.15, 0.2) is 5.78 Å². The molecule has 122 valence electrons. The van der Waals surface area contributed by atoms with Crippen LogP contribution in [0.3, 0.4) is 0 Å². The molecule has 0 bridgehead atoms. The molecule has 5 atom stereocenters. The number of ether oxygens (including phenoxy) is 1. The maximum Gasteiger partial charge on any atom is 0.205 e. The first-order valence-electron chi connectivity index (χ1n) is 6.72. The summed E-state index contributed by atoms with van der Waals surface area (Å²) < 4.78 is 5.14. The molecule has 0 aromatic heterocycles. The molecular formula is C14H19NO7. The fourth-order valence-corrected chi connectivity index (χ4v) is 2.36. The quantitative estimate of drug-likeness (QED) is 0.361. The van der Waals surface area contributed by atoms with Crippen molar-refractivity contribution in [2.45, 2.75) is 36.6 Å². The normalized spacial score (nSPS) is 35.3. The zero-order valence-corrected chi connectivity index (χ0v) is 11.7. The minimum atomic E-state index is -2.25. The molecule has 1 aliphatic rings. The third-order valence-corrected chi connectivity index (χ3v) is 3.76. The van der Waals surface area contributed by atoms with Crippen molar-refractivity contribution in [1.29, 1.82) is 0 Å². The number of benzene rings is 1. The smallest absolute Gasteiger partial charge is 0.205 e. The summed E-state index contributed by atoms with van der Waals surface area (Å²) in [4.78, 5) is 12.4. The van der Waals surface area contributed by atoms with Gasteiger partial charge in [-0.15, -0.1) is 0 Å². The lowest BCUT2D eigenvalue weighted by atomic mass is 9.86. The van der Waals surface area contributed by atoms with E-state index in [0.29, 0.717) is 5.56 Å². The van der Waals surface area contributed by atoms with Crippen molar-refractivity contribution in [2.24, 2.45) is 5.73 Å². The second-order valence-electron chi connectivity index (χ2n) is 5.32. The van der Waals surface area contributed by atoms with Crippen LogP contribution in [-0.2, 0) is 16.0 Å². The molecule has 0 amide bonds. The molecule has 1 aliphatic heterocycles. The highest BCUT2D eigenvalue weighted by Gasteiger charge is 2.55. The van der Waals surface area contributed by atoms with E-state index in [1.807, 2.05) is 0 Å². The first kappa shape index (κ1) is 16.8. The van der Waals surface area contributed by atoms with E-state index < -0.39 is 42.5 Å². The Kier molecular flexibility index (Phi) is 4.81. The van der Waals surface area contributed by atoms with Crippen LogP contribution in [0.5, 0.6) is 5.75 Å². The van der Waals surface area contributed by atoms with Crippen LogP contribution < -0.4 is 5.73 Å². The van der Waals surface area contributed by atoms with Gasteiger partial charge in [-0.25, -0.2) is 0 Å². The fraction of sp³-hybridized carbons (Fsp3) is 0.500. The number of phenols is 1. The standard InChI is InChI=1S/C14H19NO7/c15-14(10(18)5-7-1-3-8(17)4-2-7)13(21)12(20)11(19)9(6-16)22-14/h1-4,9,11-13,16-17,19-21H,5-6,15H2/t9-,11-,12+,13-,14-/m1/s1. The van der Waals surface area contributed by atoms with Crippen molar-refractivity contribution in [2.75, 3.05) is 6.61 Å².